The number of nitrogens with zero attached hydrogens (tertiary/aromatic N) is 3. The number of likely N-dealkylation sites (tertiary alicyclic amines) is 1. The number of aryl methyl sites for hydroxylation is 1. The molecule has 19 heavy (non-hydrogen) atoms. The summed E-state index contributed by atoms with van der Waals surface area (Å²) < 4.78 is 5.70. The number of hydrogen-bond acceptors (Lipinski definition) is 5. The van der Waals surface area contributed by atoms with Crippen molar-refractivity contribution in [1.29, 1.82) is 0 Å². The van der Waals surface area contributed by atoms with Crippen molar-refractivity contribution in [2.75, 3.05) is 13.1 Å². The van der Waals surface area contributed by atoms with Crippen LogP contribution in [0.3, 0.4) is 0 Å². The summed E-state index contributed by atoms with van der Waals surface area (Å²) >= 11 is 0. The van der Waals surface area contributed by atoms with E-state index in [2.05, 4.69) is 22.0 Å². The number of hydrogen-bond donors (Lipinski definition) is 1. The van der Waals surface area contributed by atoms with Gasteiger partial charge in [-0.2, -0.15) is 0 Å². The third-order valence-corrected chi connectivity index (χ3v) is 3.43. The van der Waals surface area contributed by atoms with Gasteiger partial charge in [0.1, 0.15) is 0 Å². The molecule has 1 saturated heterocycles. The van der Waals surface area contributed by atoms with Crippen LogP contribution in [0.5, 0.6) is 0 Å². The maximum atomic E-state index is 5.88. The largest absolute Gasteiger partial charge is 0.419 e. The quantitative estimate of drug-likeness (QED) is 0.905. The molecule has 1 aliphatic rings. The van der Waals surface area contributed by atoms with Gasteiger partial charge in [0, 0.05) is 24.7 Å². The van der Waals surface area contributed by atoms with Gasteiger partial charge in [-0.05, 0) is 25.5 Å². The van der Waals surface area contributed by atoms with Gasteiger partial charge in [0.2, 0.25) is 11.8 Å². The molecule has 1 aromatic heterocycles. The van der Waals surface area contributed by atoms with Crippen molar-refractivity contribution < 1.29 is 4.42 Å². The van der Waals surface area contributed by atoms with Gasteiger partial charge in [0.25, 0.3) is 0 Å². The van der Waals surface area contributed by atoms with Crippen molar-refractivity contribution in [2.45, 2.75) is 25.9 Å². The van der Waals surface area contributed by atoms with E-state index in [0.29, 0.717) is 18.3 Å². The third-order valence-electron chi connectivity index (χ3n) is 3.43. The monoisotopic (exact) mass is 258 g/mol. The molecule has 3 rings (SSSR count). The number of aromatic nitrogens is 2. The van der Waals surface area contributed by atoms with Crippen LogP contribution in [0.1, 0.15) is 17.9 Å². The van der Waals surface area contributed by atoms with Gasteiger partial charge >= 0.3 is 0 Å². The number of rotatable bonds is 3. The normalized spacial score (nSPS) is 20.0. The predicted octanol–water partition coefficient (Wildman–Crippen LogP) is 1.58. The first-order valence-electron chi connectivity index (χ1n) is 6.58. The first-order valence-corrected chi connectivity index (χ1v) is 6.58. The molecule has 0 amide bonds. The van der Waals surface area contributed by atoms with Crippen molar-refractivity contribution in [2.24, 2.45) is 5.73 Å². The van der Waals surface area contributed by atoms with Crippen LogP contribution in [-0.4, -0.2) is 34.2 Å². The Bertz CT molecular complexity index is 549. The second-order valence-electron chi connectivity index (χ2n) is 5.15. The minimum atomic E-state index is 0.277. The Morgan fingerprint density at radius 1 is 1.32 bits per heavy atom. The van der Waals surface area contributed by atoms with Crippen LogP contribution < -0.4 is 5.73 Å². The molecule has 1 atom stereocenters. The van der Waals surface area contributed by atoms with Gasteiger partial charge in [-0.25, -0.2) is 0 Å². The van der Waals surface area contributed by atoms with Gasteiger partial charge < -0.3 is 10.2 Å². The highest BCUT2D eigenvalue weighted by molar-refractivity contribution is 5.52. The zero-order valence-corrected chi connectivity index (χ0v) is 11.0. The van der Waals surface area contributed by atoms with Gasteiger partial charge in [0.05, 0.1) is 6.54 Å². The highest BCUT2D eigenvalue weighted by atomic mass is 16.4. The molecular formula is C14H18N4O. The molecule has 5 heteroatoms. The number of benzene rings is 1. The van der Waals surface area contributed by atoms with Gasteiger partial charge in [0.15, 0.2) is 0 Å². The lowest BCUT2D eigenvalue weighted by Crippen LogP contribution is -2.26. The van der Waals surface area contributed by atoms with Crippen LogP contribution in [0.2, 0.25) is 0 Å². The van der Waals surface area contributed by atoms with E-state index in [1.807, 2.05) is 24.3 Å². The van der Waals surface area contributed by atoms with Gasteiger partial charge in [-0.3, -0.25) is 4.90 Å². The molecule has 2 heterocycles. The lowest BCUT2D eigenvalue weighted by molar-refractivity contribution is 0.289. The maximum absolute atomic E-state index is 5.88. The molecule has 0 saturated carbocycles. The van der Waals surface area contributed by atoms with E-state index in [0.717, 1.165) is 25.1 Å². The van der Waals surface area contributed by atoms with E-state index >= 15 is 0 Å². The molecule has 0 radical (unpaired) electrons. The smallest absolute Gasteiger partial charge is 0.247 e. The molecule has 1 fully saturated rings. The minimum absolute atomic E-state index is 0.277. The lowest BCUT2D eigenvalue weighted by Gasteiger charge is -2.11. The summed E-state index contributed by atoms with van der Waals surface area (Å²) in [6.07, 6.45) is 1.04. The standard InChI is InChI=1S/C14H18N4O/c1-10-2-4-11(5-3-10)14-17-16-13(19-14)9-18-7-6-12(15)8-18/h2-5,12H,6-9,15H2,1H3. The van der Waals surface area contributed by atoms with E-state index < -0.39 is 0 Å². The van der Waals surface area contributed by atoms with Crippen molar-refractivity contribution in [3.05, 3.63) is 35.7 Å². The van der Waals surface area contributed by atoms with Crippen molar-refractivity contribution in [3.63, 3.8) is 0 Å². The summed E-state index contributed by atoms with van der Waals surface area (Å²) in [6.45, 7) is 4.65. The molecule has 5 nitrogen and oxygen atoms in total. The second-order valence-corrected chi connectivity index (χ2v) is 5.15. The first kappa shape index (κ1) is 12.3. The third kappa shape index (κ3) is 2.83. The second kappa shape index (κ2) is 5.11. The molecular weight excluding hydrogens is 240 g/mol. The lowest BCUT2D eigenvalue weighted by atomic mass is 10.1. The van der Waals surface area contributed by atoms with Crippen LogP contribution in [-0.2, 0) is 6.54 Å². The SMILES string of the molecule is Cc1ccc(-c2nnc(CN3CCC(N)C3)o2)cc1. The fourth-order valence-corrected chi connectivity index (χ4v) is 2.33. The first-order chi connectivity index (χ1) is 9.20. The van der Waals surface area contributed by atoms with Gasteiger partial charge in [-0.1, -0.05) is 17.7 Å². The minimum Gasteiger partial charge on any atom is -0.419 e. The predicted molar refractivity (Wildman–Crippen MR) is 72.3 cm³/mol. The molecule has 100 valence electrons. The zero-order valence-electron chi connectivity index (χ0n) is 11.0. The van der Waals surface area contributed by atoms with Crippen LogP contribution >= 0.6 is 0 Å². The van der Waals surface area contributed by atoms with E-state index in [4.69, 9.17) is 10.2 Å². The topological polar surface area (TPSA) is 68.2 Å². The fourth-order valence-electron chi connectivity index (χ4n) is 2.33. The molecule has 1 aliphatic heterocycles. The van der Waals surface area contributed by atoms with Crippen molar-refractivity contribution in [3.8, 4) is 11.5 Å². The molecule has 2 aromatic rings. The summed E-state index contributed by atoms with van der Waals surface area (Å²) in [5.41, 5.74) is 8.06. The molecule has 0 spiro atoms. The van der Waals surface area contributed by atoms with Crippen molar-refractivity contribution >= 4 is 0 Å². The van der Waals surface area contributed by atoms with Crippen LogP contribution in [0.15, 0.2) is 28.7 Å². The Morgan fingerprint density at radius 2 is 2.11 bits per heavy atom. The van der Waals surface area contributed by atoms with Crippen molar-refractivity contribution in [1.82, 2.24) is 15.1 Å². The summed E-state index contributed by atoms with van der Waals surface area (Å²) in [6, 6.07) is 8.35. The van der Waals surface area contributed by atoms with E-state index in [1.54, 1.807) is 0 Å². The molecule has 1 aromatic carbocycles. The van der Waals surface area contributed by atoms with E-state index in [-0.39, 0.29) is 6.04 Å². The van der Waals surface area contributed by atoms with Crippen LogP contribution in [0, 0.1) is 6.92 Å². The molecule has 0 bridgehead atoms. The summed E-state index contributed by atoms with van der Waals surface area (Å²) in [4.78, 5) is 2.25. The Labute approximate surface area is 112 Å². The molecule has 2 N–H and O–H groups in total. The maximum Gasteiger partial charge on any atom is 0.247 e. The van der Waals surface area contributed by atoms with Crippen LogP contribution in [0.4, 0.5) is 0 Å². The Morgan fingerprint density at radius 3 is 2.79 bits per heavy atom. The van der Waals surface area contributed by atoms with Gasteiger partial charge in [-0.15, -0.1) is 10.2 Å². The highest BCUT2D eigenvalue weighted by Crippen LogP contribution is 2.19. The molecule has 0 aliphatic carbocycles. The van der Waals surface area contributed by atoms with E-state index in [1.165, 1.54) is 5.56 Å². The molecule has 1 unspecified atom stereocenters. The Hall–Kier alpha value is -1.72. The van der Waals surface area contributed by atoms with Crippen LogP contribution in [0.25, 0.3) is 11.5 Å². The summed E-state index contributed by atoms with van der Waals surface area (Å²) in [7, 11) is 0. The zero-order chi connectivity index (χ0) is 13.2. The average Bonchev–Trinajstić information content (AvgIpc) is 3.00. The number of nitrogens with two attached hydrogens (primary N) is 1. The highest BCUT2D eigenvalue weighted by Gasteiger charge is 2.21. The Balaban J connectivity index is 1.71. The van der Waals surface area contributed by atoms with E-state index in [9.17, 15) is 0 Å². The summed E-state index contributed by atoms with van der Waals surface area (Å²) in [5.74, 6) is 1.24. The average molecular weight is 258 g/mol. The summed E-state index contributed by atoms with van der Waals surface area (Å²) in [5, 5.41) is 8.21. The Kier molecular flexibility index (Phi) is 3.31. The fraction of sp³-hybridized carbons (Fsp3) is 0.429.